The third-order valence-electron chi connectivity index (χ3n) is 3.83. The normalized spacial score (nSPS) is 21.9. The zero-order chi connectivity index (χ0) is 16.8. The molecule has 1 heterocycles. The minimum Gasteiger partial charge on any atom is -0.508 e. The van der Waals surface area contributed by atoms with Gasteiger partial charge in [-0.15, -0.1) is 0 Å². The molecule has 2 rings (SSSR count). The highest BCUT2D eigenvalue weighted by molar-refractivity contribution is 5.96. The maximum atomic E-state index is 12.4. The molecule has 1 unspecified atom stereocenters. The summed E-state index contributed by atoms with van der Waals surface area (Å²) >= 11 is 0. The fraction of sp³-hybridized carbons (Fsp3) is 0.444. The van der Waals surface area contributed by atoms with E-state index in [0.29, 0.717) is 24.1 Å². The summed E-state index contributed by atoms with van der Waals surface area (Å²) in [6, 6.07) is 2.54. The number of hydrogen-bond acceptors (Lipinski definition) is 5. The van der Waals surface area contributed by atoms with Crippen molar-refractivity contribution in [3.8, 4) is 11.5 Å². The van der Waals surface area contributed by atoms with Crippen molar-refractivity contribution in [2.75, 3.05) is 0 Å². The summed E-state index contributed by atoms with van der Waals surface area (Å²) in [6.07, 6.45) is 8.10. The van der Waals surface area contributed by atoms with E-state index in [1.54, 1.807) is 6.92 Å². The first-order valence-electron chi connectivity index (χ1n) is 7.94. The zero-order valence-corrected chi connectivity index (χ0v) is 13.3. The molecule has 0 saturated carbocycles. The van der Waals surface area contributed by atoms with E-state index in [4.69, 9.17) is 10.1 Å². The molecule has 0 spiro atoms. The minimum atomic E-state index is -0.622. The molecular weight excluding hydrogens is 294 g/mol. The Morgan fingerprint density at radius 2 is 2.00 bits per heavy atom. The number of carbonyl (C=O) groups is 1. The van der Waals surface area contributed by atoms with Gasteiger partial charge in [-0.3, -0.25) is 0 Å². The van der Waals surface area contributed by atoms with Gasteiger partial charge in [0.2, 0.25) is 0 Å². The van der Waals surface area contributed by atoms with Gasteiger partial charge in [0.25, 0.3) is 0 Å². The lowest BCUT2D eigenvalue weighted by Gasteiger charge is -2.16. The maximum Gasteiger partial charge on any atom is 0.342 e. The van der Waals surface area contributed by atoms with Gasteiger partial charge in [-0.1, -0.05) is 12.2 Å². The number of benzene rings is 1. The van der Waals surface area contributed by atoms with Crippen molar-refractivity contribution < 1.29 is 19.7 Å². The number of phenolic OH excluding ortho intramolecular Hbond substituents is 2. The van der Waals surface area contributed by atoms with Crippen molar-refractivity contribution in [2.24, 2.45) is 0 Å². The molecule has 1 aromatic rings. The predicted molar refractivity (Wildman–Crippen MR) is 88.3 cm³/mol. The molecule has 0 amide bonds. The van der Waals surface area contributed by atoms with E-state index >= 15 is 0 Å². The number of allylic oxidation sites excluding steroid dienone is 1. The van der Waals surface area contributed by atoms with Crippen LogP contribution in [0.2, 0.25) is 0 Å². The first-order valence-corrected chi connectivity index (χ1v) is 7.94. The molecule has 0 aliphatic carbocycles. The van der Waals surface area contributed by atoms with Crippen LogP contribution in [0.3, 0.4) is 0 Å². The molecule has 1 aliphatic heterocycles. The highest BCUT2D eigenvalue weighted by Crippen LogP contribution is 2.29. The number of carbonyl (C=O) groups excluding carboxylic acids is 1. The molecule has 0 aromatic heterocycles. The average molecular weight is 317 g/mol. The van der Waals surface area contributed by atoms with Crippen LogP contribution in [0.25, 0.3) is 0 Å². The molecule has 0 fully saturated rings. The number of aromatic hydroxyl groups is 2. The summed E-state index contributed by atoms with van der Waals surface area (Å²) in [5.74, 6) is -1.06. The van der Waals surface area contributed by atoms with Gasteiger partial charge in [-0.2, -0.15) is 0 Å². The fourth-order valence-corrected chi connectivity index (χ4v) is 2.66. The molecule has 0 radical (unpaired) electrons. The summed E-state index contributed by atoms with van der Waals surface area (Å²) in [4.78, 5) is 12.4. The lowest BCUT2D eigenvalue weighted by atomic mass is 9.97. The fourth-order valence-electron chi connectivity index (χ4n) is 2.66. The topological polar surface area (TPSA) is 90.6 Å². The molecule has 5 nitrogen and oxygen atoms in total. The zero-order valence-electron chi connectivity index (χ0n) is 13.3. The molecule has 0 saturated heterocycles. The summed E-state index contributed by atoms with van der Waals surface area (Å²) in [5, 5.41) is 27.8. The third-order valence-corrected chi connectivity index (χ3v) is 3.83. The van der Waals surface area contributed by atoms with Gasteiger partial charge in [-0.05, 0) is 44.2 Å². The number of hydrogen-bond donors (Lipinski definition) is 3. The number of rotatable bonds is 0. The summed E-state index contributed by atoms with van der Waals surface area (Å²) in [7, 11) is 0. The number of esters is 1. The molecule has 124 valence electrons. The Morgan fingerprint density at radius 1 is 1.22 bits per heavy atom. The minimum absolute atomic E-state index is 0.0421. The van der Waals surface area contributed by atoms with E-state index in [9.17, 15) is 15.0 Å². The first kappa shape index (κ1) is 17.1. The molecule has 5 heteroatoms. The Labute approximate surface area is 136 Å². The quantitative estimate of drug-likeness (QED) is 0.502. The van der Waals surface area contributed by atoms with Gasteiger partial charge in [-0.25, -0.2) is 4.79 Å². The highest BCUT2D eigenvalue weighted by atomic mass is 16.5. The van der Waals surface area contributed by atoms with E-state index in [1.165, 1.54) is 6.07 Å². The van der Waals surface area contributed by atoms with Gasteiger partial charge in [0.15, 0.2) is 0 Å². The molecule has 3 N–H and O–H groups in total. The van der Waals surface area contributed by atoms with Crippen molar-refractivity contribution in [3.05, 3.63) is 35.4 Å². The van der Waals surface area contributed by atoms with Gasteiger partial charge < -0.3 is 20.4 Å². The molecule has 1 atom stereocenters. The maximum absolute atomic E-state index is 12.4. The van der Waals surface area contributed by atoms with Crippen LogP contribution in [-0.4, -0.2) is 28.0 Å². The number of nitrogens with one attached hydrogen (secondary N) is 1. The van der Waals surface area contributed by atoms with Crippen LogP contribution in [0.5, 0.6) is 11.5 Å². The van der Waals surface area contributed by atoms with Gasteiger partial charge in [0.05, 0.1) is 0 Å². The van der Waals surface area contributed by atoms with E-state index in [-0.39, 0.29) is 29.6 Å². The molecule has 23 heavy (non-hydrogen) atoms. The summed E-state index contributed by atoms with van der Waals surface area (Å²) in [6.45, 7) is 1.80. The van der Waals surface area contributed by atoms with Crippen LogP contribution in [-0.2, 0) is 11.2 Å². The Morgan fingerprint density at radius 3 is 2.78 bits per heavy atom. The largest absolute Gasteiger partial charge is 0.508 e. The SMILES string of the molecule is CC1C/C=C/CCCCC(=N)Cc2cc(O)cc(O)c2C(=O)O1. The Bertz CT molecular complexity index is 622. The van der Waals surface area contributed by atoms with Crippen molar-refractivity contribution in [1.29, 1.82) is 5.41 Å². The lowest BCUT2D eigenvalue weighted by Crippen LogP contribution is -2.17. The van der Waals surface area contributed by atoms with Crippen LogP contribution in [0.1, 0.15) is 54.9 Å². The van der Waals surface area contributed by atoms with E-state index in [0.717, 1.165) is 25.3 Å². The van der Waals surface area contributed by atoms with E-state index < -0.39 is 5.97 Å². The standard InChI is InChI=1S/C18H23NO4/c1-12-7-5-3-2-4-6-8-14(19)9-13-10-15(20)11-16(21)17(13)18(22)23-12/h3,5,10-12,19-21H,2,4,6-9H2,1H3/b5-3+,19-14?. The Kier molecular flexibility index (Phi) is 5.79. The van der Waals surface area contributed by atoms with Crippen LogP contribution in [0, 0.1) is 5.41 Å². The van der Waals surface area contributed by atoms with Gasteiger partial charge in [0.1, 0.15) is 23.2 Å². The van der Waals surface area contributed by atoms with Crippen molar-refractivity contribution >= 4 is 11.7 Å². The molecule has 1 aromatic carbocycles. The second-order valence-electron chi connectivity index (χ2n) is 5.95. The van der Waals surface area contributed by atoms with Crippen molar-refractivity contribution in [3.63, 3.8) is 0 Å². The van der Waals surface area contributed by atoms with Crippen LogP contribution >= 0.6 is 0 Å². The van der Waals surface area contributed by atoms with Gasteiger partial charge >= 0.3 is 5.97 Å². The first-order chi connectivity index (χ1) is 11.0. The van der Waals surface area contributed by atoms with Crippen LogP contribution in [0.4, 0.5) is 0 Å². The highest BCUT2D eigenvalue weighted by Gasteiger charge is 2.22. The van der Waals surface area contributed by atoms with E-state index in [2.05, 4.69) is 6.08 Å². The molecular formula is C18H23NO4. The Hall–Kier alpha value is -2.30. The molecule has 1 aliphatic rings. The second-order valence-corrected chi connectivity index (χ2v) is 5.95. The summed E-state index contributed by atoms with van der Waals surface area (Å²) < 4.78 is 5.38. The van der Waals surface area contributed by atoms with Crippen molar-refractivity contribution in [2.45, 2.75) is 51.6 Å². The number of phenols is 2. The van der Waals surface area contributed by atoms with Crippen LogP contribution < -0.4 is 0 Å². The second kappa shape index (κ2) is 7.81. The predicted octanol–water partition coefficient (Wildman–Crippen LogP) is 3.73. The van der Waals surface area contributed by atoms with Gasteiger partial charge in [0, 0.05) is 24.6 Å². The lowest BCUT2D eigenvalue weighted by molar-refractivity contribution is 0.0343. The average Bonchev–Trinajstić information content (AvgIpc) is 2.44. The smallest absolute Gasteiger partial charge is 0.342 e. The van der Waals surface area contributed by atoms with E-state index in [1.807, 2.05) is 6.08 Å². The Balaban J connectivity index is 2.34. The van der Waals surface area contributed by atoms with Crippen molar-refractivity contribution in [1.82, 2.24) is 0 Å². The van der Waals surface area contributed by atoms with Crippen LogP contribution in [0.15, 0.2) is 24.3 Å². The summed E-state index contributed by atoms with van der Waals surface area (Å²) in [5.41, 5.74) is 0.941. The number of fused-ring (bicyclic) bond motifs is 1. The monoisotopic (exact) mass is 317 g/mol. The number of ether oxygens (including phenoxy) is 1. The third kappa shape index (κ3) is 4.84. The number of cyclic esters (lactones) is 1. The molecule has 0 bridgehead atoms.